The standard InChI is InChI=1S/C17H28NO9P/c1-7-27-17(20)18(11-15(23-3)24-4)16(28(21,25-5)26-6)12-8-9-14(22-2)13(19)10-12/h8-10,15-16,19H,7,11H2,1-6H3. The molecule has 0 aromatic heterocycles. The number of phenols is 1. The van der Waals surface area contributed by atoms with Crippen LogP contribution in [0.3, 0.4) is 0 Å². The highest BCUT2D eigenvalue weighted by Crippen LogP contribution is 2.61. The van der Waals surface area contributed by atoms with Crippen LogP contribution in [0.1, 0.15) is 18.3 Å². The maximum atomic E-state index is 13.3. The Morgan fingerprint density at radius 2 is 1.75 bits per heavy atom. The molecule has 28 heavy (non-hydrogen) atoms. The van der Waals surface area contributed by atoms with Gasteiger partial charge in [-0.3, -0.25) is 9.46 Å². The largest absolute Gasteiger partial charge is 0.504 e. The molecule has 1 atom stereocenters. The third-order valence-electron chi connectivity index (χ3n) is 3.98. The molecule has 10 nitrogen and oxygen atoms in total. The predicted octanol–water partition coefficient (Wildman–Crippen LogP) is 2.96. The second-order valence-electron chi connectivity index (χ2n) is 5.46. The summed E-state index contributed by atoms with van der Waals surface area (Å²) in [7, 11) is 2.70. The molecule has 0 aliphatic heterocycles. The number of amides is 1. The van der Waals surface area contributed by atoms with E-state index in [0.29, 0.717) is 0 Å². The fourth-order valence-electron chi connectivity index (χ4n) is 2.56. The first-order valence-electron chi connectivity index (χ1n) is 8.38. The third kappa shape index (κ3) is 5.59. The summed E-state index contributed by atoms with van der Waals surface area (Å²) in [4.78, 5) is 13.8. The fourth-order valence-corrected chi connectivity index (χ4v) is 4.17. The molecule has 0 saturated carbocycles. The highest BCUT2D eigenvalue weighted by Gasteiger charge is 2.44. The van der Waals surface area contributed by atoms with Crippen molar-refractivity contribution in [3.05, 3.63) is 23.8 Å². The molecule has 0 fully saturated rings. The average molecular weight is 421 g/mol. The molecule has 0 aliphatic rings. The van der Waals surface area contributed by atoms with Crippen LogP contribution < -0.4 is 4.74 Å². The zero-order valence-electron chi connectivity index (χ0n) is 16.9. The summed E-state index contributed by atoms with van der Waals surface area (Å²) in [5.41, 5.74) is 0.282. The molecular weight excluding hydrogens is 393 g/mol. The molecule has 1 N–H and O–H groups in total. The lowest BCUT2D eigenvalue weighted by Gasteiger charge is -2.35. The lowest BCUT2D eigenvalue weighted by atomic mass is 10.2. The zero-order chi connectivity index (χ0) is 21.3. The Balaban J connectivity index is 3.57. The number of hydrogen-bond donors (Lipinski definition) is 1. The molecule has 1 rings (SSSR count). The minimum atomic E-state index is -3.91. The van der Waals surface area contributed by atoms with Crippen molar-refractivity contribution in [2.75, 3.05) is 48.7 Å². The highest BCUT2D eigenvalue weighted by molar-refractivity contribution is 7.54. The van der Waals surface area contributed by atoms with E-state index < -0.39 is 25.8 Å². The van der Waals surface area contributed by atoms with Gasteiger partial charge in [-0.2, -0.15) is 0 Å². The number of ether oxygens (including phenoxy) is 4. The van der Waals surface area contributed by atoms with E-state index in [4.69, 9.17) is 28.0 Å². The summed E-state index contributed by atoms with van der Waals surface area (Å²) in [6.07, 6.45) is -1.61. The molecule has 0 aliphatic carbocycles. The Morgan fingerprint density at radius 1 is 1.14 bits per heavy atom. The van der Waals surface area contributed by atoms with Crippen molar-refractivity contribution in [1.82, 2.24) is 4.90 Å². The number of phenolic OH excluding ortho intramolecular Hbond substituents is 1. The van der Waals surface area contributed by atoms with E-state index in [-0.39, 0.29) is 30.2 Å². The number of aromatic hydroxyl groups is 1. The maximum Gasteiger partial charge on any atom is 0.411 e. The van der Waals surface area contributed by atoms with Gasteiger partial charge in [0.1, 0.15) is 0 Å². The van der Waals surface area contributed by atoms with Crippen molar-refractivity contribution in [2.45, 2.75) is 19.0 Å². The molecule has 0 bridgehead atoms. The van der Waals surface area contributed by atoms with Gasteiger partial charge in [-0.15, -0.1) is 0 Å². The van der Waals surface area contributed by atoms with E-state index in [2.05, 4.69) is 0 Å². The Hall–Kier alpha value is -1.84. The van der Waals surface area contributed by atoms with Crippen LogP contribution in [0, 0.1) is 0 Å². The molecule has 1 amide bonds. The summed E-state index contributed by atoms with van der Waals surface area (Å²) < 4.78 is 44.1. The Bertz CT molecular complexity index is 673. The number of carbonyl (C=O) groups is 1. The third-order valence-corrected chi connectivity index (χ3v) is 6.17. The van der Waals surface area contributed by atoms with Crippen molar-refractivity contribution in [3.63, 3.8) is 0 Å². The minimum Gasteiger partial charge on any atom is -0.504 e. The van der Waals surface area contributed by atoms with Gasteiger partial charge in [0.05, 0.1) is 20.3 Å². The van der Waals surface area contributed by atoms with Crippen molar-refractivity contribution in [1.29, 1.82) is 0 Å². The molecule has 11 heteroatoms. The van der Waals surface area contributed by atoms with Gasteiger partial charge in [-0.1, -0.05) is 6.07 Å². The number of rotatable bonds is 11. The van der Waals surface area contributed by atoms with Gasteiger partial charge in [-0.25, -0.2) is 4.79 Å². The van der Waals surface area contributed by atoms with Crippen LogP contribution in [-0.4, -0.2) is 71.1 Å². The molecule has 0 heterocycles. The zero-order valence-corrected chi connectivity index (χ0v) is 17.8. The van der Waals surface area contributed by atoms with E-state index in [9.17, 15) is 14.5 Å². The van der Waals surface area contributed by atoms with Crippen LogP contribution in [0.25, 0.3) is 0 Å². The average Bonchev–Trinajstić information content (AvgIpc) is 2.70. The molecule has 160 valence electrons. The van der Waals surface area contributed by atoms with Crippen LogP contribution in [0.15, 0.2) is 18.2 Å². The number of carbonyl (C=O) groups excluding carboxylic acids is 1. The van der Waals surface area contributed by atoms with Gasteiger partial charge < -0.3 is 33.1 Å². The van der Waals surface area contributed by atoms with Crippen molar-refractivity contribution in [3.8, 4) is 11.5 Å². The SMILES string of the molecule is CCOC(=O)N(CC(OC)OC)C(c1ccc(OC)c(O)c1)P(=O)(OC)OC. The number of hydrogen-bond acceptors (Lipinski definition) is 9. The van der Waals surface area contributed by atoms with Gasteiger partial charge in [0.15, 0.2) is 23.6 Å². The van der Waals surface area contributed by atoms with Crippen LogP contribution in [0.2, 0.25) is 0 Å². The van der Waals surface area contributed by atoms with Crippen LogP contribution in [0.4, 0.5) is 4.79 Å². The Morgan fingerprint density at radius 3 is 2.18 bits per heavy atom. The van der Waals surface area contributed by atoms with E-state index in [1.807, 2.05) is 0 Å². The molecule has 0 spiro atoms. The van der Waals surface area contributed by atoms with E-state index in [1.54, 1.807) is 6.92 Å². The minimum absolute atomic E-state index is 0.0881. The van der Waals surface area contributed by atoms with Crippen LogP contribution in [-0.2, 0) is 27.8 Å². The molecule has 1 unspecified atom stereocenters. The molecular formula is C17H28NO9P. The first-order valence-corrected chi connectivity index (χ1v) is 10.00. The van der Waals surface area contributed by atoms with Gasteiger partial charge in [0, 0.05) is 28.4 Å². The molecule has 0 radical (unpaired) electrons. The predicted molar refractivity (Wildman–Crippen MR) is 101 cm³/mol. The summed E-state index contributed by atoms with van der Waals surface area (Å²) in [6, 6.07) is 4.32. The second-order valence-corrected chi connectivity index (χ2v) is 7.76. The van der Waals surface area contributed by atoms with Crippen LogP contribution in [0.5, 0.6) is 11.5 Å². The normalized spacial score (nSPS) is 12.7. The van der Waals surface area contributed by atoms with Crippen molar-refractivity contribution in [2.24, 2.45) is 0 Å². The number of benzene rings is 1. The summed E-state index contributed by atoms with van der Waals surface area (Å²) in [5, 5.41) is 10.2. The van der Waals surface area contributed by atoms with E-state index >= 15 is 0 Å². The van der Waals surface area contributed by atoms with E-state index in [0.717, 1.165) is 4.90 Å². The first kappa shape index (κ1) is 24.2. The Kier molecular flexibility index (Phi) is 9.71. The monoisotopic (exact) mass is 421 g/mol. The topological polar surface area (TPSA) is 113 Å². The summed E-state index contributed by atoms with van der Waals surface area (Å²) in [6.45, 7) is 1.59. The molecule has 1 aromatic carbocycles. The van der Waals surface area contributed by atoms with Crippen LogP contribution >= 0.6 is 7.60 Å². The Labute approximate surface area is 164 Å². The summed E-state index contributed by atoms with van der Waals surface area (Å²) in [5.74, 6) is -1.24. The van der Waals surface area contributed by atoms with E-state index in [1.165, 1.54) is 53.7 Å². The van der Waals surface area contributed by atoms with Gasteiger partial charge in [0.2, 0.25) is 0 Å². The second kappa shape index (κ2) is 11.2. The fraction of sp³-hybridized carbons (Fsp3) is 0.588. The lowest BCUT2D eigenvalue weighted by molar-refractivity contribution is -0.115. The van der Waals surface area contributed by atoms with Crippen molar-refractivity contribution < 1.29 is 42.5 Å². The maximum absolute atomic E-state index is 13.3. The number of methoxy groups -OCH3 is 3. The van der Waals surface area contributed by atoms with Crippen molar-refractivity contribution >= 4 is 13.7 Å². The lowest BCUT2D eigenvalue weighted by Crippen LogP contribution is -2.42. The van der Waals surface area contributed by atoms with Gasteiger partial charge >= 0.3 is 13.7 Å². The summed E-state index contributed by atoms with van der Waals surface area (Å²) >= 11 is 0. The highest BCUT2D eigenvalue weighted by atomic mass is 31.2. The number of nitrogens with zero attached hydrogens (tertiary/aromatic N) is 1. The first-order chi connectivity index (χ1) is 13.3. The quantitative estimate of drug-likeness (QED) is 0.425. The van der Waals surface area contributed by atoms with Gasteiger partial charge in [0.25, 0.3) is 0 Å². The molecule has 0 saturated heterocycles. The van der Waals surface area contributed by atoms with Gasteiger partial charge in [-0.05, 0) is 24.6 Å². The molecule has 1 aromatic rings. The smallest absolute Gasteiger partial charge is 0.411 e.